The molecule has 23 nitrogen and oxygen atoms in total. The van der Waals surface area contributed by atoms with Gasteiger partial charge in [-0.15, -0.1) is 0 Å². The first kappa shape index (κ1) is 50.9. The molecule has 67 heavy (non-hydrogen) atoms. The molecule has 0 aliphatic carbocycles. The Kier molecular flexibility index (Phi) is 16.7. The lowest BCUT2D eigenvalue weighted by atomic mass is 9.96. The molecule has 0 saturated carbocycles. The number of methoxy groups -OCH3 is 3. The third kappa shape index (κ3) is 11.8. The Morgan fingerprint density at radius 1 is 0.731 bits per heavy atom. The Morgan fingerprint density at radius 2 is 1.40 bits per heavy atom. The monoisotopic (exact) mass is 950 g/mol. The van der Waals surface area contributed by atoms with Crippen molar-refractivity contribution in [1.29, 1.82) is 0 Å². The van der Waals surface area contributed by atoms with Gasteiger partial charge in [0.15, 0.2) is 59.0 Å². The highest BCUT2D eigenvalue weighted by molar-refractivity contribution is 5.91. The Balaban J connectivity index is 1.25. The van der Waals surface area contributed by atoms with Crippen molar-refractivity contribution in [3.8, 4) is 40.2 Å². The van der Waals surface area contributed by atoms with Crippen LogP contribution in [-0.2, 0) is 49.1 Å². The molecule has 0 aromatic heterocycles. The fourth-order valence-electron chi connectivity index (χ4n) is 7.27. The Hall–Kier alpha value is -5.54. The number of ether oxygens (including phenoxy) is 11. The van der Waals surface area contributed by atoms with Gasteiger partial charge in [-0.05, 0) is 66.9 Å². The Bertz CT molecular complexity index is 2180. The summed E-state index contributed by atoms with van der Waals surface area (Å²) in [6, 6.07) is 10.7. The van der Waals surface area contributed by atoms with Gasteiger partial charge < -0.3 is 103 Å². The summed E-state index contributed by atoms with van der Waals surface area (Å²) in [5, 5.41) is 107. The summed E-state index contributed by atoms with van der Waals surface area (Å²) >= 11 is 0. The van der Waals surface area contributed by atoms with Gasteiger partial charge in [0.05, 0.1) is 46.2 Å². The molecule has 3 heterocycles. The van der Waals surface area contributed by atoms with E-state index in [0.717, 1.165) is 18.2 Å². The van der Waals surface area contributed by atoms with Crippen LogP contribution in [0, 0.1) is 0 Å². The lowest BCUT2D eigenvalue weighted by molar-refractivity contribution is -0.375. The SMILES string of the molecule is COc1cc(C=CC(=O)OCC2OC(OCCc3ccc(O)c(O)c3)C(OC3OCC(O)(COC(=O)c4cc(OC)c(O)c(OC)c4)C3O)C(OC3OC(C)C(O)C(O)C3O)C2O)ccc1O. The number of esters is 2. The second-order valence-corrected chi connectivity index (χ2v) is 15.8. The molecule has 3 saturated heterocycles. The first-order valence-electron chi connectivity index (χ1n) is 20.7. The van der Waals surface area contributed by atoms with Crippen LogP contribution in [0.1, 0.15) is 28.4 Å². The highest BCUT2D eigenvalue weighted by Gasteiger charge is 2.56. The maximum atomic E-state index is 13.1. The van der Waals surface area contributed by atoms with Crippen LogP contribution in [-0.4, -0.2) is 190 Å². The van der Waals surface area contributed by atoms with E-state index in [9.17, 15) is 60.7 Å². The van der Waals surface area contributed by atoms with Gasteiger partial charge in [0, 0.05) is 6.08 Å². The molecule has 0 radical (unpaired) electrons. The molecule has 23 heteroatoms. The van der Waals surface area contributed by atoms with Crippen LogP contribution in [0.25, 0.3) is 6.08 Å². The molecular formula is C44H54O23. The average molecular weight is 951 g/mol. The largest absolute Gasteiger partial charge is 0.504 e. The summed E-state index contributed by atoms with van der Waals surface area (Å²) in [4.78, 5) is 26.1. The fraction of sp³-hybridized carbons (Fsp3) is 0.500. The van der Waals surface area contributed by atoms with E-state index in [1.165, 1.54) is 70.7 Å². The van der Waals surface area contributed by atoms with Crippen molar-refractivity contribution >= 4 is 18.0 Å². The summed E-state index contributed by atoms with van der Waals surface area (Å²) in [5.41, 5.74) is -1.54. The maximum Gasteiger partial charge on any atom is 0.338 e. The van der Waals surface area contributed by atoms with Gasteiger partial charge in [0.25, 0.3) is 0 Å². The van der Waals surface area contributed by atoms with Crippen molar-refractivity contribution < 1.29 is 113 Å². The third-order valence-electron chi connectivity index (χ3n) is 11.2. The number of aromatic hydroxyl groups is 4. The standard InChI is InChI=1S/C44H54O23/c1-20-32(49)35(52)36(53)41(64-20)66-37-34(51)30(17-61-31(48)10-7-21-6-9-25(46)27(14-21)57-2)65-42(60-12-11-22-5-8-24(45)26(47)13-22)38(37)67-43-39(54)44(56,19-63-43)18-62-40(55)23-15-28(58-3)33(50)29(16-23)59-4/h5-10,13-16,20,30,32,34-39,41-43,45-47,49-54,56H,11-12,17-19H2,1-4H3. The molecule has 13 atom stereocenters. The van der Waals surface area contributed by atoms with E-state index >= 15 is 0 Å². The minimum Gasteiger partial charge on any atom is -0.504 e. The van der Waals surface area contributed by atoms with E-state index in [2.05, 4.69) is 0 Å². The van der Waals surface area contributed by atoms with Gasteiger partial charge in [-0.25, -0.2) is 9.59 Å². The zero-order valence-electron chi connectivity index (χ0n) is 36.5. The van der Waals surface area contributed by atoms with Crippen molar-refractivity contribution in [3.05, 3.63) is 71.3 Å². The number of phenolic OH excluding ortho intramolecular Hbond substituents is 4. The van der Waals surface area contributed by atoms with Crippen molar-refractivity contribution in [2.24, 2.45) is 0 Å². The van der Waals surface area contributed by atoms with Crippen LogP contribution in [0.4, 0.5) is 0 Å². The molecule has 0 amide bonds. The second-order valence-electron chi connectivity index (χ2n) is 15.8. The van der Waals surface area contributed by atoms with Crippen molar-refractivity contribution in [1.82, 2.24) is 0 Å². The quantitative estimate of drug-likeness (QED) is 0.0430. The number of phenols is 4. The molecular weight excluding hydrogens is 896 g/mol. The van der Waals surface area contributed by atoms with Crippen LogP contribution < -0.4 is 14.2 Å². The van der Waals surface area contributed by atoms with E-state index in [-0.39, 0.29) is 53.1 Å². The summed E-state index contributed by atoms with van der Waals surface area (Å²) in [6.45, 7) is -1.08. The predicted octanol–water partition coefficient (Wildman–Crippen LogP) is -0.660. The molecule has 3 aliphatic heterocycles. The van der Waals surface area contributed by atoms with Gasteiger partial charge in [-0.3, -0.25) is 0 Å². The van der Waals surface area contributed by atoms with Gasteiger partial charge in [0.1, 0.15) is 62.0 Å². The first-order valence-corrected chi connectivity index (χ1v) is 20.7. The van der Waals surface area contributed by atoms with E-state index in [4.69, 9.17) is 52.1 Å². The number of carbonyl (C=O) groups is 2. The average Bonchev–Trinajstić information content (AvgIpc) is 3.60. The number of aliphatic hydroxyl groups is 6. The zero-order chi connectivity index (χ0) is 48.7. The maximum absolute atomic E-state index is 13.1. The second kappa shape index (κ2) is 22.0. The van der Waals surface area contributed by atoms with E-state index in [1.54, 1.807) is 0 Å². The predicted molar refractivity (Wildman–Crippen MR) is 223 cm³/mol. The van der Waals surface area contributed by atoms with Gasteiger partial charge in [-0.2, -0.15) is 0 Å². The summed E-state index contributed by atoms with van der Waals surface area (Å²) in [6.07, 6.45) is -18.0. The number of carbonyl (C=O) groups excluding carboxylic acids is 2. The highest BCUT2D eigenvalue weighted by atomic mass is 16.8. The van der Waals surface area contributed by atoms with E-state index in [0.29, 0.717) is 11.1 Å². The molecule has 0 spiro atoms. The van der Waals surface area contributed by atoms with Crippen molar-refractivity contribution in [2.45, 2.75) is 92.8 Å². The summed E-state index contributed by atoms with van der Waals surface area (Å²) < 4.78 is 61.8. The molecule has 3 fully saturated rings. The number of rotatable bonds is 18. The molecule has 6 rings (SSSR count). The highest BCUT2D eigenvalue weighted by Crippen LogP contribution is 2.39. The minimum absolute atomic E-state index is 0.0689. The number of benzene rings is 3. The molecule has 3 aromatic carbocycles. The van der Waals surface area contributed by atoms with Crippen molar-refractivity contribution in [2.75, 3.05) is 47.8 Å². The van der Waals surface area contributed by atoms with Crippen LogP contribution in [0.5, 0.6) is 40.2 Å². The van der Waals surface area contributed by atoms with Gasteiger partial charge in [-0.1, -0.05) is 12.1 Å². The third-order valence-corrected chi connectivity index (χ3v) is 11.2. The fourth-order valence-corrected chi connectivity index (χ4v) is 7.27. The number of hydrogen-bond donors (Lipinski definition) is 10. The number of hydrogen-bond acceptors (Lipinski definition) is 23. The van der Waals surface area contributed by atoms with Crippen LogP contribution in [0.15, 0.2) is 54.6 Å². The van der Waals surface area contributed by atoms with E-state index < -0.39 is 117 Å². The Morgan fingerprint density at radius 3 is 2.07 bits per heavy atom. The molecule has 13 unspecified atom stereocenters. The van der Waals surface area contributed by atoms with Gasteiger partial charge >= 0.3 is 11.9 Å². The zero-order valence-corrected chi connectivity index (χ0v) is 36.5. The van der Waals surface area contributed by atoms with Crippen LogP contribution in [0.2, 0.25) is 0 Å². The summed E-state index contributed by atoms with van der Waals surface area (Å²) in [5.74, 6) is -3.33. The summed E-state index contributed by atoms with van der Waals surface area (Å²) in [7, 11) is 3.84. The number of aliphatic hydroxyl groups excluding tert-OH is 5. The Labute approximate surface area is 382 Å². The topological polar surface area (TPSA) is 338 Å². The van der Waals surface area contributed by atoms with Gasteiger partial charge in [0.2, 0.25) is 5.75 Å². The normalized spacial score (nSPS) is 30.8. The van der Waals surface area contributed by atoms with Crippen LogP contribution in [0.3, 0.4) is 0 Å². The lowest BCUT2D eigenvalue weighted by Crippen LogP contribution is -2.65. The molecule has 368 valence electrons. The van der Waals surface area contributed by atoms with Crippen molar-refractivity contribution in [3.63, 3.8) is 0 Å². The smallest absolute Gasteiger partial charge is 0.338 e. The molecule has 10 N–H and O–H groups in total. The van der Waals surface area contributed by atoms with Crippen LogP contribution >= 0.6 is 0 Å². The molecule has 3 aliphatic rings. The minimum atomic E-state index is -2.33. The molecule has 3 aromatic rings. The lowest BCUT2D eigenvalue weighted by Gasteiger charge is -2.47. The first-order chi connectivity index (χ1) is 31.9. The van der Waals surface area contributed by atoms with E-state index in [1.807, 2.05) is 0 Å². The molecule has 0 bridgehead atoms.